The number of anilines is 1. The lowest BCUT2D eigenvalue weighted by Crippen LogP contribution is -2.27. The van der Waals surface area contributed by atoms with E-state index < -0.39 is 23.5 Å². The van der Waals surface area contributed by atoms with Crippen molar-refractivity contribution in [2.45, 2.75) is 38.2 Å². The highest BCUT2D eigenvalue weighted by Crippen LogP contribution is 2.28. The van der Waals surface area contributed by atoms with Crippen LogP contribution in [0.25, 0.3) is 0 Å². The summed E-state index contributed by atoms with van der Waals surface area (Å²) in [5.74, 6) is -2.21. The first-order valence-corrected chi connectivity index (χ1v) is 10.4. The quantitative estimate of drug-likeness (QED) is 0.546. The van der Waals surface area contributed by atoms with Gasteiger partial charge in [0.15, 0.2) is 5.82 Å². The molecule has 0 aliphatic heterocycles. The van der Waals surface area contributed by atoms with Gasteiger partial charge in [0.05, 0.1) is 12.0 Å². The van der Waals surface area contributed by atoms with Crippen molar-refractivity contribution >= 4 is 17.9 Å². The number of nitrogens with one attached hydrogen (secondary N) is 1. The Kier molecular flexibility index (Phi) is 6.62. The molecule has 0 unspecified atom stereocenters. The Labute approximate surface area is 187 Å². The van der Waals surface area contributed by atoms with Gasteiger partial charge in [-0.05, 0) is 67.6 Å². The average Bonchev–Trinajstić information content (AvgIpc) is 3.20. The van der Waals surface area contributed by atoms with Crippen LogP contribution in [0.3, 0.4) is 0 Å². The van der Waals surface area contributed by atoms with Gasteiger partial charge in [0, 0.05) is 18.1 Å². The number of carboxylic acid groups (broad SMARTS) is 1. The Morgan fingerprint density at radius 3 is 2.36 bits per heavy atom. The third kappa shape index (κ3) is 5.91. The Hall–Kier alpha value is -3.82. The molecular formula is C23H21F2N3O5. The molecule has 8 nitrogen and oxygen atoms in total. The molecule has 2 N–H and O–H groups in total. The number of carbonyl (C=O) groups excluding carboxylic acids is 1. The van der Waals surface area contributed by atoms with Gasteiger partial charge in [-0.3, -0.25) is 14.9 Å². The maximum absolute atomic E-state index is 13.3. The highest BCUT2D eigenvalue weighted by Gasteiger charge is 2.27. The minimum Gasteiger partial charge on any atom is -0.490 e. The molecule has 1 aliphatic carbocycles. The van der Waals surface area contributed by atoms with E-state index in [0.717, 1.165) is 6.07 Å². The minimum atomic E-state index is -0.764. The van der Waals surface area contributed by atoms with Crippen LogP contribution in [-0.2, 0) is 11.2 Å². The first-order chi connectivity index (χ1) is 15.9. The number of rotatable bonds is 7. The van der Waals surface area contributed by atoms with Gasteiger partial charge in [-0.2, -0.15) is 4.98 Å². The lowest BCUT2D eigenvalue weighted by molar-refractivity contribution is -0.143. The molecule has 0 radical (unpaired) electrons. The van der Waals surface area contributed by atoms with Crippen LogP contribution in [-0.4, -0.2) is 33.2 Å². The molecule has 33 heavy (non-hydrogen) atoms. The molecule has 0 bridgehead atoms. The summed E-state index contributed by atoms with van der Waals surface area (Å²) in [6.45, 7) is 0. The second-order valence-corrected chi connectivity index (χ2v) is 7.88. The molecule has 1 fully saturated rings. The van der Waals surface area contributed by atoms with Crippen molar-refractivity contribution in [3.8, 4) is 5.75 Å². The molecule has 1 heterocycles. The molecule has 172 valence electrons. The number of aliphatic carboxylic acids is 1. The van der Waals surface area contributed by atoms with Crippen LogP contribution in [0.15, 0.2) is 47.0 Å². The highest BCUT2D eigenvalue weighted by molar-refractivity contribution is 6.03. The number of ether oxygens (including phenoxy) is 1. The molecule has 0 saturated heterocycles. The zero-order chi connectivity index (χ0) is 23.4. The molecular weight excluding hydrogens is 436 g/mol. The van der Waals surface area contributed by atoms with Crippen molar-refractivity contribution in [3.05, 3.63) is 71.1 Å². The van der Waals surface area contributed by atoms with E-state index in [1.54, 1.807) is 24.3 Å². The molecule has 1 aromatic heterocycles. The number of hydrogen-bond acceptors (Lipinski definition) is 6. The number of benzene rings is 2. The summed E-state index contributed by atoms with van der Waals surface area (Å²) >= 11 is 0. The maximum Gasteiger partial charge on any atom is 0.328 e. The van der Waals surface area contributed by atoms with E-state index in [1.165, 1.54) is 12.1 Å². The molecule has 1 saturated carbocycles. The Morgan fingerprint density at radius 1 is 1.06 bits per heavy atom. The van der Waals surface area contributed by atoms with Crippen LogP contribution in [0.1, 0.15) is 47.4 Å². The molecule has 1 amide bonds. The fourth-order valence-electron chi connectivity index (χ4n) is 3.75. The number of halogens is 2. The molecule has 2 aromatic carbocycles. The van der Waals surface area contributed by atoms with Crippen molar-refractivity contribution in [3.63, 3.8) is 0 Å². The number of carboxylic acids is 1. The number of nitrogens with zero attached hydrogens (tertiary/aromatic N) is 2. The van der Waals surface area contributed by atoms with E-state index in [2.05, 4.69) is 15.5 Å². The maximum atomic E-state index is 13.3. The van der Waals surface area contributed by atoms with E-state index >= 15 is 0 Å². The Bertz CT molecular complexity index is 1120. The normalized spacial score (nSPS) is 18.0. The van der Waals surface area contributed by atoms with E-state index in [9.17, 15) is 18.4 Å². The van der Waals surface area contributed by atoms with Crippen LogP contribution < -0.4 is 10.1 Å². The van der Waals surface area contributed by atoms with Crippen molar-refractivity contribution in [2.24, 2.45) is 5.92 Å². The number of amides is 1. The van der Waals surface area contributed by atoms with Crippen molar-refractivity contribution in [2.75, 3.05) is 5.32 Å². The zero-order valence-electron chi connectivity index (χ0n) is 17.5. The van der Waals surface area contributed by atoms with Gasteiger partial charge in [-0.1, -0.05) is 5.16 Å². The van der Waals surface area contributed by atoms with Gasteiger partial charge in [-0.15, -0.1) is 0 Å². The summed E-state index contributed by atoms with van der Waals surface area (Å²) in [6, 6.07) is 9.46. The van der Waals surface area contributed by atoms with Crippen LogP contribution in [0.5, 0.6) is 5.75 Å². The first kappa shape index (κ1) is 22.4. The second kappa shape index (κ2) is 9.76. The molecule has 3 aromatic rings. The van der Waals surface area contributed by atoms with Crippen molar-refractivity contribution in [1.82, 2.24) is 10.1 Å². The fraction of sp³-hybridized carbons (Fsp3) is 0.304. The summed E-state index contributed by atoms with van der Waals surface area (Å²) in [5.41, 5.74) is 0.669. The zero-order valence-corrected chi connectivity index (χ0v) is 17.5. The lowest BCUT2D eigenvalue weighted by Gasteiger charge is -2.26. The first-order valence-electron chi connectivity index (χ1n) is 10.4. The smallest absolute Gasteiger partial charge is 0.328 e. The Morgan fingerprint density at radius 2 is 1.73 bits per heavy atom. The third-order valence-corrected chi connectivity index (χ3v) is 5.42. The number of carbonyl (C=O) groups is 2. The SMILES string of the molecule is O=C(Nc1nc(Cc2cc(F)cc(F)c2)no1)c1ccc(OC2CCC(C(=O)O)CC2)cc1. The van der Waals surface area contributed by atoms with Gasteiger partial charge in [-0.25, -0.2) is 8.78 Å². The van der Waals surface area contributed by atoms with E-state index in [-0.39, 0.29) is 30.3 Å². The van der Waals surface area contributed by atoms with Crippen LogP contribution >= 0.6 is 0 Å². The highest BCUT2D eigenvalue weighted by atomic mass is 19.1. The average molecular weight is 457 g/mol. The summed E-state index contributed by atoms with van der Waals surface area (Å²) in [6.07, 6.45) is 2.49. The lowest BCUT2D eigenvalue weighted by atomic mass is 9.87. The monoisotopic (exact) mass is 457 g/mol. The molecule has 0 spiro atoms. The van der Waals surface area contributed by atoms with Gasteiger partial charge in [0.2, 0.25) is 0 Å². The number of hydrogen-bond donors (Lipinski definition) is 2. The summed E-state index contributed by atoms with van der Waals surface area (Å²) in [4.78, 5) is 27.5. The largest absolute Gasteiger partial charge is 0.490 e. The van der Waals surface area contributed by atoms with Gasteiger partial charge >= 0.3 is 12.0 Å². The van der Waals surface area contributed by atoms with Crippen molar-refractivity contribution in [1.29, 1.82) is 0 Å². The second-order valence-electron chi connectivity index (χ2n) is 7.88. The summed E-state index contributed by atoms with van der Waals surface area (Å²) < 4.78 is 37.5. The standard InChI is InChI=1S/C23H21F2N3O5/c24-16-9-13(10-17(25)12-16)11-20-26-23(33-28-20)27-21(29)14-1-5-18(6-2-14)32-19-7-3-15(4-8-19)22(30)31/h1-2,5-6,9-10,12,15,19H,3-4,7-8,11H2,(H,30,31)(H,26,27,28,29). The van der Waals surface area contributed by atoms with Gasteiger partial charge in [0.1, 0.15) is 17.4 Å². The molecule has 1 aliphatic rings. The fourth-order valence-corrected chi connectivity index (χ4v) is 3.75. The van der Waals surface area contributed by atoms with Crippen LogP contribution in [0.4, 0.5) is 14.8 Å². The molecule has 0 atom stereocenters. The molecule has 10 heteroatoms. The third-order valence-electron chi connectivity index (χ3n) is 5.42. The summed E-state index contributed by atoms with van der Waals surface area (Å²) in [7, 11) is 0. The van der Waals surface area contributed by atoms with Gasteiger partial charge < -0.3 is 14.4 Å². The van der Waals surface area contributed by atoms with E-state index in [4.69, 9.17) is 14.4 Å². The topological polar surface area (TPSA) is 115 Å². The molecule has 4 rings (SSSR count). The van der Waals surface area contributed by atoms with E-state index in [0.29, 0.717) is 42.6 Å². The predicted octanol–water partition coefficient (Wildman–Crippen LogP) is 4.21. The predicted molar refractivity (Wildman–Crippen MR) is 112 cm³/mol. The van der Waals surface area contributed by atoms with Gasteiger partial charge in [0.25, 0.3) is 5.91 Å². The van der Waals surface area contributed by atoms with E-state index in [1.807, 2.05) is 0 Å². The summed E-state index contributed by atoms with van der Waals surface area (Å²) in [5, 5.41) is 15.3. The Balaban J connectivity index is 1.30. The minimum absolute atomic E-state index is 0.0362. The van der Waals surface area contributed by atoms with Crippen molar-refractivity contribution < 1.29 is 32.7 Å². The van der Waals surface area contributed by atoms with Crippen LogP contribution in [0, 0.1) is 17.6 Å². The van der Waals surface area contributed by atoms with Crippen LogP contribution in [0.2, 0.25) is 0 Å². The number of aromatic nitrogens is 2.